The van der Waals surface area contributed by atoms with Crippen LogP contribution < -0.4 is 20.1 Å². The molecule has 2 N–H and O–H groups in total. The van der Waals surface area contributed by atoms with E-state index >= 15 is 0 Å². The number of rotatable bonds is 8. The van der Waals surface area contributed by atoms with Gasteiger partial charge in [-0.3, -0.25) is 4.79 Å². The second-order valence-electron chi connectivity index (χ2n) is 5.03. The van der Waals surface area contributed by atoms with Crippen molar-refractivity contribution in [2.45, 2.75) is 6.42 Å². The zero-order valence-corrected chi connectivity index (χ0v) is 13.5. The Hall–Kier alpha value is -2.69. The summed E-state index contributed by atoms with van der Waals surface area (Å²) in [6.45, 7) is 0.834. The number of nitrogens with one attached hydrogen (secondary N) is 2. The van der Waals surface area contributed by atoms with E-state index in [0.717, 1.165) is 29.2 Å². The lowest BCUT2D eigenvalue weighted by Gasteiger charge is -2.09. The molecule has 0 atom stereocenters. The van der Waals surface area contributed by atoms with Gasteiger partial charge in [0.05, 0.1) is 20.8 Å². The quantitative estimate of drug-likeness (QED) is 0.786. The first-order valence-corrected chi connectivity index (χ1v) is 7.49. The number of hydrogen-bond donors (Lipinski definition) is 2. The first kappa shape index (κ1) is 16.7. The van der Waals surface area contributed by atoms with Crippen LogP contribution in [0.15, 0.2) is 48.5 Å². The van der Waals surface area contributed by atoms with Gasteiger partial charge in [-0.2, -0.15) is 0 Å². The highest BCUT2D eigenvalue weighted by Gasteiger charge is 2.02. The maximum atomic E-state index is 11.8. The van der Waals surface area contributed by atoms with Crippen LogP contribution >= 0.6 is 0 Å². The Morgan fingerprint density at radius 2 is 1.74 bits per heavy atom. The maximum Gasteiger partial charge on any atom is 0.239 e. The van der Waals surface area contributed by atoms with Crippen LogP contribution in [-0.4, -0.2) is 33.2 Å². The minimum absolute atomic E-state index is 0.0404. The summed E-state index contributed by atoms with van der Waals surface area (Å²) in [6, 6.07) is 15.3. The van der Waals surface area contributed by atoms with Crippen molar-refractivity contribution in [2.24, 2.45) is 0 Å². The number of methoxy groups -OCH3 is 2. The molecule has 2 aromatic carbocycles. The number of hydrogen-bond acceptors (Lipinski definition) is 4. The van der Waals surface area contributed by atoms with Crippen LogP contribution in [-0.2, 0) is 11.2 Å². The molecule has 0 aromatic heterocycles. The van der Waals surface area contributed by atoms with Gasteiger partial charge in [0.25, 0.3) is 0 Å². The van der Waals surface area contributed by atoms with Crippen LogP contribution in [0.2, 0.25) is 0 Å². The van der Waals surface area contributed by atoms with Crippen molar-refractivity contribution in [1.29, 1.82) is 0 Å². The fraction of sp³-hybridized carbons (Fsp3) is 0.278. The summed E-state index contributed by atoms with van der Waals surface area (Å²) in [7, 11) is 3.26. The molecule has 5 nitrogen and oxygen atoms in total. The van der Waals surface area contributed by atoms with E-state index in [4.69, 9.17) is 9.47 Å². The zero-order chi connectivity index (χ0) is 16.5. The van der Waals surface area contributed by atoms with Gasteiger partial charge in [-0.05, 0) is 36.2 Å². The average Bonchev–Trinajstić information content (AvgIpc) is 2.61. The minimum atomic E-state index is -0.0404. The molecule has 0 spiro atoms. The van der Waals surface area contributed by atoms with E-state index < -0.39 is 0 Å². The molecule has 0 saturated carbocycles. The Balaban J connectivity index is 1.70. The lowest BCUT2D eigenvalue weighted by Crippen LogP contribution is -2.31. The summed E-state index contributed by atoms with van der Waals surface area (Å²) in [5.41, 5.74) is 2.02. The van der Waals surface area contributed by atoms with E-state index in [1.807, 2.05) is 48.5 Å². The second-order valence-corrected chi connectivity index (χ2v) is 5.03. The molecule has 5 heteroatoms. The Bertz CT molecular complexity index is 626. The van der Waals surface area contributed by atoms with Crippen LogP contribution in [0.3, 0.4) is 0 Å². The highest BCUT2D eigenvalue weighted by atomic mass is 16.5. The highest BCUT2D eigenvalue weighted by molar-refractivity contribution is 5.80. The number of benzene rings is 2. The molecule has 0 fully saturated rings. The topological polar surface area (TPSA) is 59.6 Å². The van der Waals surface area contributed by atoms with Gasteiger partial charge in [-0.1, -0.05) is 18.2 Å². The Morgan fingerprint density at radius 3 is 2.43 bits per heavy atom. The zero-order valence-electron chi connectivity index (χ0n) is 13.5. The molecule has 2 rings (SSSR count). The molecular weight excluding hydrogens is 292 g/mol. The summed E-state index contributed by atoms with van der Waals surface area (Å²) in [5.74, 6) is 1.55. The number of anilines is 1. The summed E-state index contributed by atoms with van der Waals surface area (Å²) in [6.07, 6.45) is 0.787. The van der Waals surface area contributed by atoms with Gasteiger partial charge in [0.2, 0.25) is 5.91 Å². The van der Waals surface area contributed by atoms with Crippen LogP contribution in [0.4, 0.5) is 5.69 Å². The monoisotopic (exact) mass is 314 g/mol. The Morgan fingerprint density at radius 1 is 1.00 bits per heavy atom. The molecule has 0 aliphatic carbocycles. The second kappa shape index (κ2) is 8.68. The molecule has 0 unspecified atom stereocenters. The summed E-state index contributed by atoms with van der Waals surface area (Å²) < 4.78 is 10.3. The number of ether oxygens (including phenoxy) is 2. The lowest BCUT2D eigenvalue weighted by molar-refractivity contribution is -0.119. The molecule has 122 valence electrons. The molecule has 0 aliphatic rings. The number of carbonyl (C=O) groups excluding carboxylic acids is 1. The Labute approximate surface area is 136 Å². The van der Waals surface area contributed by atoms with E-state index in [0.29, 0.717) is 6.54 Å². The lowest BCUT2D eigenvalue weighted by atomic mass is 10.1. The van der Waals surface area contributed by atoms with Crippen LogP contribution in [0.25, 0.3) is 0 Å². The van der Waals surface area contributed by atoms with Crippen LogP contribution in [0, 0.1) is 0 Å². The number of carbonyl (C=O) groups is 1. The van der Waals surface area contributed by atoms with E-state index in [1.54, 1.807) is 14.2 Å². The van der Waals surface area contributed by atoms with Crippen LogP contribution in [0.5, 0.6) is 11.5 Å². The fourth-order valence-electron chi connectivity index (χ4n) is 2.12. The van der Waals surface area contributed by atoms with Gasteiger partial charge >= 0.3 is 0 Å². The third-order valence-corrected chi connectivity index (χ3v) is 3.42. The summed E-state index contributed by atoms with van der Waals surface area (Å²) in [4.78, 5) is 11.8. The maximum absolute atomic E-state index is 11.8. The molecule has 0 aliphatic heterocycles. The smallest absolute Gasteiger partial charge is 0.239 e. The Kier molecular flexibility index (Phi) is 6.29. The van der Waals surface area contributed by atoms with E-state index in [-0.39, 0.29) is 12.5 Å². The predicted octanol–water partition coefficient (Wildman–Crippen LogP) is 2.47. The number of amides is 1. The highest BCUT2D eigenvalue weighted by Crippen LogP contribution is 2.16. The van der Waals surface area contributed by atoms with Gasteiger partial charge in [0, 0.05) is 18.3 Å². The van der Waals surface area contributed by atoms with Crippen molar-refractivity contribution >= 4 is 11.6 Å². The SMILES string of the molecule is COc1ccc(CCNC(=O)CNc2cccc(OC)c2)cc1. The molecule has 0 bridgehead atoms. The molecular formula is C18H22N2O3. The first-order chi connectivity index (χ1) is 11.2. The van der Waals surface area contributed by atoms with Crippen molar-refractivity contribution < 1.29 is 14.3 Å². The molecule has 1 amide bonds. The summed E-state index contributed by atoms with van der Waals surface area (Å²) in [5, 5.41) is 5.97. The average molecular weight is 314 g/mol. The third-order valence-electron chi connectivity index (χ3n) is 3.42. The van der Waals surface area contributed by atoms with Crippen molar-refractivity contribution in [1.82, 2.24) is 5.32 Å². The molecule has 0 radical (unpaired) electrons. The van der Waals surface area contributed by atoms with Crippen molar-refractivity contribution in [3.05, 3.63) is 54.1 Å². The third kappa shape index (κ3) is 5.54. The van der Waals surface area contributed by atoms with E-state index in [9.17, 15) is 4.79 Å². The van der Waals surface area contributed by atoms with E-state index in [2.05, 4.69) is 10.6 Å². The van der Waals surface area contributed by atoms with Crippen molar-refractivity contribution in [3.63, 3.8) is 0 Å². The fourth-order valence-corrected chi connectivity index (χ4v) is 2.12. The first-order valence-electron chi connectivity index (χ1n) is 7.49. The molecule has 23 heavy (non-hydrogen) atoms. The minimum Gasteiger partial charge on any atom is -0.497 e. The van der Waals surface area contributed by atoms with Crippen molar-refractivity contribution in [3.8, 4) is 11.5 Å². The van der Waals surface area contributed by atoms with Crippen molar-refractivity contribution in [2.75, 3.05) is 32.6 Å². The molecule has 0 heterocycles. The van der Waals surface area contributed by atoms with Gasteiger partial charge in [0.1, 0.15) is 11.5 Å². The normalized spacial score (nSPS) is 10.0. The predicted molar refractivity (Wildman–Crippen MR) is 91.2 cm³/mol. The van der Waals surface area contributed by atoms with Gasteiger partial charge in [-0.25, -0.2) is 0 Å². The largest absolute Gasteiger partial charge is 0.497 e. The van der Waals surface area contributed by atoms with Gasteiger partial charge in [0.15, 0.2) is 0 Å². The van der Waals surface area contributed by atoms with E-state index in [1.165, 1.54) is 0 Å². The van der Waals surface area contributed by atoms with Gasteiger partial charge in [-0.15, -0.1) is 0 Å². The standard InChI is InChI=1S/C18H22N2O3/c1-22-16-8-6-14(7-9-16)10-11-19-18(21)13-20-15-4-3-5-17(12-15)23-2/h3-9,12,20H,10-11,13H2,1-2H3,(H,19,21). The van der Waals surface area contributed by atoms with Crippen LogP contribution in [0.1, 0.15) is 5.56 Å². The molecule has 0 saturated heterocycles. The molecule has 2 aromatic rings. The van der Waals surface area contributed by atoms with Gasteiger partial charge < -0.3 is 20.1 Å². The summed E-state index contributed by atoms with van der Waals surface area (Å²) >= 11 is 0.